The Bertz CT molecular complexity index is 370. The fourth-order valence-electron chi connectivity index (χ4n) is 3.86. The zero-order chi connectivity index (χ0) is 13.1. The van der Waals surface area contributed by atoms with Gasteiger partial charge in [0.25, 0.3) is 0 Å². The van der Waals surface area contributed by atoms with Crippen LogP contribution in [-0.2, 0) is 0 Å². The molecular formula is C16H26N2S. The lowest BCUT2D eigenvalue weighted by Gasteiger charge is -2.34. The molecule has 2 N–H and O–H groups in total. The Morgan fingerprint density at radius 3 is 2.95 bits per heavy atom. The highest BCUT2D eigenvalue weighted by Crippen LogP contribution is 2.33. The van der Waals surface area contributed by atoms with Gasteiger partial charge >= 0.3 is 0 Å². The molecule has 2 aliphatic rings. The lowest BCUT2D eigenvalue weighted by atomic mass is 9.88. The van der Waals surface area contributed by atoms with E-state index in [1.54, 1.807) is 0 Å². The van der Waals surface area contributed by atoms with Crippen molar-refractivity contribution < 1.29 is 0 Å². The molecule has 0 bridgehead atoms. The van der Waals surface area contributed by atoms with Crippen LogP contribution in [0.2, 0.25) is 0 Å². The van der Waals surface area contributed by atoms with Gasteiger partial charge in [0.1, 0.15) is 0 Å². The van der Waals surface area contributed by atoms with E-state index in [1.807, 2.05) is 11.3 Å². The summed E-state index contributed by atoms with van der Waals surface area (Å²) in [5.74, 6) is 0.850. The molecule has 106 valence electrons. The van der Waals surface area contributed by atoms with Crippen LogP contribution in [-0.4, -0.2) is 18.6 Å². The van der Waals surface area contributed by atoms with E-state index in [4.69, 9.17) is 0 Å². The second-order valence-corrected chi connectivity index (χ2v) is 7.14. The first-order valence-electron chi connectivity index (χ1n) is 7.87. The Morgan fingerprint density at radius 2 is 2.21 bits per heavy atom. The maximum atomic E-state index is 3.90. The van der Waals surface area contributed by atoms with Crippen molar-refractivity contribution in [3.05, 3.63) is 22.4 Å². The second kappa shape index (κ2) is 6.38. The Balaban J connectivity index is 1.59. The van der Waals surface area contributed by atoms with Gasteiger partial charge in [-0.05, 0) is 56.5 Å². The lowest BCUT2D eigenvalue weighted by Crippen LogP contribution is -2.47. The molecule has 19 heavy (non-hydrogen) atoms. The van der Waals surface area contributed by atoms with Crippen molar-refractivity contribution >= 4 is 11.3 Å². The van der Waals surface area contributed by atoms with Gasteiger partial charge in [0.15, 0.2) is 0 Å². The van der Waals surface area contributed by atoms with Gasteiger partial charge in [-0.1, -0.05) is 18.9 Å². The van der Waals surface area contributed by atoms with Crippen LogP contribution in [0.15, 0.2) is 17.5 Å². The first-order chi connectivity index (χ1) is 9.34. The van der Waals surface area contributed by atoms with Crippen LogP contribution < -0.4 is 10.6 Å². The van der Waals surface area contributed by atoms with E-state index in [2.05, 4.69) is 35.1 Å². The third-order valence-corrected chi connectivity index (χ3v) is 5.92. The largest absolute Gasteiger partial charge is 0.314 e. The monoisotopic (exact) mass is 278 g/mol. The number of hydrogen-bond donors (Lipinski definition) is 2. The van der Waals surface area contributed by atoms with E-state index in [0.29, 0.717) is 12.1 Å². The zero-order valence-corrected chi connectivity index (χ0v) is 12.7. The molecule has 1 aliphatic carbocycles. The highest BCUT2D eigenvalue weighted by atomic mass is 32.1. The van der Waals surface area contributed by atoms with Crippen molar-refractivity contribution in [2.75, 3.05) is 6.54 Å². The van der Waals surface area contributed by atoms with Gasteiger partial charge in [-0.25, -0.2) is 0 Å². The first kappa shape index (κ1) is 13.6. The van der Waals surface area contributed by atoms with Crippen LogP contribution in [0.3, 0.4) is 0 Å². The van der Waals surface area contributed by atoms with E-state index < -0.39 is 0 Å². The average Bonchev–Trinajstić information content (AvgIpc) is 3.11. The first-order valence-corrected chi connectivity index (χ1v) is 8.75. The molecule has 1 aliphatic heterocycles. The van der Waals surface area contributed by atoms with Crippen LogP contribution in [0.5, 0.6) is 0 Å². The number of thiophene rings is 1. The highest BCUT2D eigenvalue weighted by molar-refractivity contribution is 7.10. The molecule has 1 saturated heterocycles. The Hall–Kier alpha value is -0.380. The molecule has 2 nitrogen and oxygen atoms in total. The zero-order valence-electron chi connectivity index (χ0n) is 11.9. The molecule has 3 heteroatoms. The summed E-state index contributed by atoms with van der Waals surface area (Å²) in [5, 5.41) is 9.84. The topological polar surface area (TPSA) is 24.1 Å². The summed E-state index contributed by atoms with van der Waals surface area (Å²) >= 11 is 1.87. The van der Waals surface area contributed by atoms with E-state index in [-0.39, 0.29) is 0 Å². The summed E-state index contributed by atoms with van der Waals surface area (Å²) < 4.78 is 0. The van der Waals surface area contributed by atoms with Crippen molar-refractivity contribution in [3.8, 4) is 0 Å². The minimum Gasteiger partial charge on any atom is -0.314 e. The minimum atomic E-state index is 0.509. The summed E-state index contributed by atoms with van der Waals surface area (Å²) in [6, 6.07) is 6.41. The van der Waals surface area contributed by atoms with Gasteiger partial charge in [0.05, 0.1) is 0 Å². The lowest BCUT2D eigenvalue weighted by molar-refractivity contribution is 0.249. The predicted molar refractivity (Wildman–Crippen MR) is 82.6 cm³/mol. The normalized spacial score (nSPS) is 33.4. The molecule has 0 amide bonds. The second-order valence-electron chi connectivity index (χ2n) is 6.16. The summed E-state index contributed by atoms with van der Waals surface area (Å²) in [4.78, 5) is 1.47. The SMILES string of the molecule is C[C@H](NC1CCCC1C1CCCCN1)c1cccs1. The summed E-state index contributed by atoms with van der Waals surface area (Å²) in [6.07, 6.45) is 8.34. The Kier molecular flexibility index (Phi) is 4.57. The van der Waals surface area contributed by atoms with Crippen molar-refractivity contribution in [2.45, 2.75) is 63.6 Å². The minimum absolute atomic E-state index is 0.509. The van der Waals surface area contributed by atoms with E-state index >= 15 is 0 Å². The maximum Gasteiger partial charge on any atom is 0.0388 e. The molecule has 0 radical (unpaired) electrons. The van der Waals surface area contributed by atoms with Crippen LogP contribution in [0.4, 0.5) is 0 Å². The predicted octanol–water partition coefficient (Wildman–Crippen LogP) is 3.71. The molecule has 4 atom stereocenters. The molecule has 2 heterocycles. The van der Waals surface area contributed by atoms with Crippen molar-refractivity contribution in [1.82, 2.24) is 10.6 Å². The molecule has 1 aromatic rings. The highest BCUT2D eigenvalue weighted by Gasteiger charge is 2.34. The van der Waals surface area contributed by atoms with Gasteiger partial charge in [0.2, 0.25) is 0 Å². The fourth-order valence-corrected chi connectivity index (χ4v) is 4.61. The number of piperidine rings is 1. The van der Waals surface area contributed by atoms with Gasteiger partial charge in [-0.2, -0.15) is 0 Å². The average molecular weight is 278 g/mol. The quantitative estimate of drug-likeness (QED) is 0.877. The molecule has 1 saturated carbocycles. The number of rotatable bonds is 4. The molecule has 1 aromatic heterocycles. The van der Waals surface area contributed by atoms with Crippen LogP contribution in [0, 0.1) is 5.92 Å². The standard InChI is InChI=1S/C16H26N2S/c1-12(16-9-5-11-19-16)18-15-8-4-6-13(15)14-7-2-3-10-17-14/h5,9,11-15,17-18H,2-4,6-8,10H2,1H3/t12-,13?,14?,15?/m0/s1. The Labute approximate surface area is 121 Å². The third-order valence-electron chi connectivity index (χ3n) is 4.87. The van der Waals surface area contributed by atoms with E-state index in [0.717, 1.165) is 12.0 Å². The molecule has 2 fully saturated rings. The number of nitrogens with one attached hydrogen (secondary N) is 2. The van der Waals surface area contributed by atoms with Crippen LogP contribution >= 0.6 is 11.3 Å². The summed E-state index contributed by atoms with van der Waals surface area (Å²) in [5.41, 5.74) is 0. The van der Waals surface area contributed by atoms with Gasteiger partial charge < -0.3 is 10.6 Å². The van der Waals surface area contributed by atoms with Crippen molar-refractivity contribution in [2.24, 2.45) is 5.92 Å². The van der Waals surface area contributed by atoms with Crippen LogP contribution in [0.25, 0.3) is 0 Å². The van der Waals surface area contributed by atoms with Gasteiger partial charge in [0, 0.05) is 23.0 Å². The third kappa shape index (κ3) is 3.21. The maximum absolute atomic E-state index is 3.90. The van der Waals surface area contributed by atoms with E-state index in [9.17, 15) is 0 Å². The fraction of sp³-hybridized carbons (Fsp3) is 0.750. The summed E-state index contributed by atoms with van der Waals surface area (Å²) in [6.45, 7) is 3.55. The van der Waals surface area contributed by atoms with Gasteiger partial charge in [-0.15, -0.1) is 11.3 Å². The van der Waals surface area contributed by atoms with Crippen molar-refractivity contribution in [3.63, 3.8) is 0 Å². The molecular weight excluding hydrogens is 252 g/mol. The van der Waals surface area contributed by atoms with E-state index in [1.165, 1.54) is 49.9 Å². The van der Waals surface area contributed by atoms with Crippen molar-refractivity contribution in [1.29, 1.82) is 0 Å². The molecule has 3 rings (SSSR count). The van der Waals surface area contributed by atoms with Crippen LogP contribution in [0.1, 0.15) is 56.4 Å². The van der Waals surface area contributed by atoms with Gasteiger partial charge in [-0.3, -0.25) is 0 Å². The molecule has 3 unspecified atom stereocenters. The number of hydrogen-bond acceptors (Lipinski definition) is 3. The Morgan fingerprint density at radius 1 is 1.26 bits per heavy atom. The summed E-state index contributed by atoms with van der Waals surface area (Å²) in [7, 11) is 0. The molecule has 0 aromatic carbocycles. The smallest absolute Gasteiger partial charge is 0.0388 e. The molecule has 0 spiro atoms.